The van der Waals surface area contributed by atoms with Crippen molar-refractivity contribution >= 4 is 5.97 Å². The Hall–Kier alpha value is -2.13. The molecule has 0 bridgehead atoms. The predicted molar refractivity (Wildman–Crippen MR) is 101 cm³/mol. The third kappa shape index (κ3) is 4.70. The number of fused-ring (bicyclic) bond motifs is 1. The van der Waals surface area contributed by atoms with Crippen molar-refractivity contribution in [1.82, 2.24) is 5.32 Å². The summed E-state index contributed by atoms with van der Waals surface area (Å²) in [7, 11) is 0. The highest BCUT2D eigenvalue weighted by atomic mass is 16.4. The van der Waals surface area contributed by atoms with Crippen LogP contribution in [0.1, 0.15) is 60.8 Å². The maximum absolute atomic E-state index is 10.7. The highest BCUT2D eigenvalue weighted by molar-refractivity contribution is 5.66. The number of aryl methyl sites for hydroxylation is 1. The van der Waals surface area contributed by atoms with E-state index >= 15 is 0 Å². The Balaban J connectivity index is 1.75. The largest absolute Gasteiger partial charge is 0.481 e. The topological polar surface area (TPSA) is 49.3 Å². The van der Waals surface area contributed by atoms with Gasteiger partial charge in [-0.15, -0.1) is 0 Å². The van der Waals surface area contributed by atoms with Crippen LogP contribution in [-0.2, 0) is 11.2 Å². The minimum atomic E-state index is -0.708. The summed E-state index contributed by atoms with van der Waals surface area (Å²) in [6.45, 7) is 0.853. The van der Waals surface area contributed by atoms with E-state index in [1.165, 1.54) is 36.0 Å². The van der Waals surface area contributed by atoms with Gasteiger partial charge >= 0.3 is 5.97 Å². The Labute approximate surface area is 150 Å². The molecular formula is C22H27NO2. The summed E-state index contributed by atoms with van der Waals surface area (Å²) in [4.78, 5) is 10.7. The number of carboxylic acid groups (broad SMARTS) is 1. The van der Waals surface area contributed by atoms with E-state index in [2.05, 4.69) is 59.9 Å². The Bertz CT molecular complexity index is 683. The van der Waals surface area contributed by atoms with Gasteiger partial charge in [-0.2, -0.15) is 0 Å². The van der Waals surface area contributed by atoms with Gasteiger partial charge in [0.1, 0.15) is 0 Å². The second kappa shape index (κ2) is 8.82. The number of hydrogen-bond donors (Lipinski definition) is 2. The molecule has 0 saturated heterocycles. The van der Waals surface area contributed by atoms with Gasteiger partial charge in [-0.25, -0.2) is 0 Å². The third-order valence-corrected chi connectivity index (χ3v) is 5.16. The first-order valence-electron chi connectivity index (χ1n) is 9.33. The average Bonchev–Trinajstić information content (AvgIpc) is 2.65. The van der Waals surface area contributed by atoms with Gasteiger partial charge in [0, 0.05) is 18.4 Å². The smallest absolute Gasteiger partial charge is 0.303 e. The van der Waals surface area contributed by atoms with Crippen LogP contribution in [0.5, 0.6) is 0 Å². The predicted octanol–water partition coefficient (Wildman–Crippen LogP) is 4.69. The first-order valence-corrected chi connectivity index (χ1v) is 9.33. The molecule has 3 rings (SSSR count). The summed E-state index contributed by atoms with van der Waals surface area (Å²) in [5, 5.41) is 12.5. The van der Waals surface area contributed by atoms with Gasteiger partial charge in [0.25, 0.3) is 0 Å². The van der Waals surface area contributed by atoms with Crippen LogP contribution in [-0.4, -0.2) is 17.6 Å². The van der Waals surface area contributed by atoms with Crippen LogP contribution in [0.2, 0.25) is 0 Å². The first-order chi connectivity index (χ1) is 12.3. The fourth-order valence-electron chi connectivity index (χ4n) is 3.95. The molecule has 2 unspecified atom stereocenters. The van der Waals surface area contributed by atoms with E-state index in [4.69, 9.17) is 5.11 Å². The van der Waals surface area contributed by atoms with Gasteiger partial charge in [0.2, 0.25) is 0 Å². The number of unbranched alkanes of at least 4 members (excludes halogenated alkanes) is 1. The molecule has 2 N–H and O–H groups in total. The summed E-state index contributed by atoms with van der Waals surface area (Å²) in [5.74, 6) is -0.229. The van der Waals surface area contributed by atoms with Crippen LogP contribution in [0.25, 0.3) is 0 Å². The van der Waals surface area contributed by atoms with Crippen molar-refractivity contribution in [1.29, 1.82) is 0 Å². The van der Waals surface area contributed by atoms with Gasteiger partial charge in [-0.1, -0.05) is 54.6 Å². The highest BCUT2D eigenvalue weighted by Crippen LogP contribution is 2.40. The molecule has 132 valence electrons. The number of benzene rings is 2. The second-order valence-electron chi connectivity index (χ2n) is 6.89. The van der Waals surface area contributed by atoms with Crippen molar-refractivity contribution < 1.29 is 9.90 Å². The molecule has 0 saturated carbocycles. The molecule has 0 amide bonds. The van der Waals surface area contributed by atoms with E-state index in [0.717, 1.165) is 19.4 Å². The summed E-state index contributed by atoms with van der Waals surface area (Å²) in [6, 6.07) is 19.8. The molecular weight excluding hydrogens is 310 g/mol. The van der Waals surface area contributed by atoms with Crippen molar-refractivity contribution in [3.63, 3.8) is 0 Å². The van der Waals surface area contributed by atoms with Crippen LogP contribution in [0, 0.1) is 0 Å². The van der Waals surface area contributed by atoms with E-state index in [1.54, 1.807) is 0 Å². The zero-order valence-electron chi connectivity index (χ0n) is 14.7. The number of hydrogen-bond acceptors (Lipinski definition) is 2. The van der Waals surface area contributed by atoms with Crippen molar-refractivity contribution in [2.75, 3.05) is 6.54 Å². The Kier molecular flexibility index (Phi) is 6.24. The van der Waals surface area contributed by atoms with Gasteiger partial charge in [-0.3, -0.25) is 4.79 Å². The maximum Gasteiger partial charge on any atom is 0.303 e. The average molecular weight is 337 g/mol. The molecule has 0 aliphatic heterocycles. The molecule has 3 nitrogen and oxygen atoms in total. The molecule has 25 heavy (non-hydrogen) atoms. The van der Waals surface area contributed by atoms with E-state index in [1.807, 2.05) is 0 Å². The summed E-state index contributed by atoms with van der Waals surface area (Å²) < 4.78 is 0. The molecule has 1 aliphatic rings. The Morgan fingerprint density at radius 2 is 1.84 bits per heavy atom. The van der Waals surface area contributed by atoms with Crippen molar-refractivity contribution in [2.24, 2.45) is 0 Å². The number of rotatable bonds is 8. The third-order valence-electron chi connectivity index (χ3n) is 5.16. The molecule has 2 aromatic carbocycles. The van der Waals surface area contributed by atoms with Gasteiger partial charge in [-0.05, 0) is 55.3 Å². The maximum atomic E-state index is 10.7. The number of carbonyl (C=O) groups is 1. The molecule has 0 heterocycles. The first kappa shape index (κ1) is 17.7. The number of nitrogens with one attached hydrogen (secondary N) is 1. The van der Waals surface area contributed by atoms with E-state index in [9.17, 15) is 4.79 Å². The van der Waals surface area contributed by atoms with Crippen LogP contribution in [0.3, 0.4) is 0 Å². The lowest BCUT2D eigenvalue weighted by Gasteiger charge is -2.33. The monoisotopic (exact) mass is 337 g/mol. The van der Waals surface area contributed by atoms with Crippen LogP contribution in [0.4, 0.5) is 0 Å². The van der Waals surface area contributed by atoms with Gasteiger partial charge in [0.05, 0.1) is 0 Å². The molecule has 0 fully saturated rings. The van der Waals surface area contributed by atoms with E-state index < -0.39 is 5.97 Å². The van der Waals surface area contributed by atoms with Crippen LogP contribution in [0.15, 0.2) is 54.6 Å². The normalized spacial score (nSPS) is 17.7. The van der Waals surface area contributed by atoms with E-state index in [0.29, 0.717) is 5.92 Å². The summed E-state index contributed by atoms with van der Waals surface area (Å²) in [6.07, 6.45) is 5.47. The van der Waals surface area contributed by atoms with Gasteiger partial charge < -0.3 is 10.4 Å². The molecule has 3 heteroatoms. The molecule has 2 aromatic rings. The van der Waals surface area contributed by atoms with Crippen molar-refractivity contribution in [3.8, 4) is 0 Å². The molecule has 2 atom stereocenters. The molecule has 0 aromatic heterocycles. The lowest BCUT2D eigenvalue weighted by molar-refractivity contribution is -0.137. The zero-order valence-corrected chi connectivity index (χ0v) is 14.7. The SMILES string of the molecule is O=C(O)CCCCNC(c1ccccc1)C1CCCc2ccccc21. The molecule has 0 radical (unpaired) electrons. The fourth-order valence-corrected chi connectivity index (χ4v) is 3.95. The number of carboxylic acids is 1. The standard InChI is InChI=1S/C22H27NO2/c24-21(25)15-6-7-16-23-22(18-10-2-1-3-11-18)20-14-8-12-17-9-4-5-13-19(17)20/h1-5,9-11,13,20,22-23H,6-8,12,14-16H2,(H,24,25). The summed E-state index contributed by atoms with van der Waals surface area (Å²) >= 11 is 0. The molecule has 1 aliphatic carbocycles. The minimum Gasteiger partial charge on any atom is -0.481 e. The number of aliphatic carboxylic acids is 1. The van der Waals surface area contributed by atoms with Gasteiger partial charge in [0.15, 0.2) is 0 Å². The lowest BCUT2D eigenvalue weighted by atomic mass is 9.76. The van der Waals surface area contributed by atoms with Crippen LogP contribution < -0.4 is 5.32 Å². The minimum absolute atomic E-state index is 0.254. The van der Waals surface area contributed by atoms with E-state index in [-0.39, 0.29) is 12.5 Å². The highest BCUT2D eigenvalue weighted by Gasteiger charge is 2.28. The zero-order chi connectivity index (χ0) is 17.5. The summed E-state index contributed by atoms with van der Waals surface area (Å²) in [5.41, 5.74) is 4.27. The van der Waals surface area contributed by atoms with Crippen LogP contribution >= 0.6 is 0 Å². The van der Waals surface area contributed by atoms with Crippen molar-refractivity contribution in [2.45, 2.75) is 50.5 Å². The lowest BCUT2D eigenvalue weighted by Crippen LogP contribution is -2.30. The fraction of sp³-hybridized carbons (Fsp3) is 0.409. The quantitative estimate of drug-likeness (QED) is 0.687. The Morgan fingerprint density at radius 3 is 2.64 bits per heavy atom. The second-order valence-corrected chi connectivity index (χ2v) is 6.89. The van der Waals surface area contributed by atoms with Crippen molar-refractivity contribution in [3.05, 3.63) is 71.3 Å². The molecule has 0 spiro atoms. The Morgan fingerprint density at radius 1 is 1.08 bits per heavy atom.